The minimum absolute atomic E-state index is 0.111. The molecular formula is C23H27N3O5. The number of ether oxygens (including phenoxy) is 2. The molecule has 1 unspecified atom stereocenters. The van der Waals surface area contributed by atoms with Crippen LogP contribution < -0.4 is 14.8 Å². The van der Waals surface area contributed by atoms with Crippen LogP contribution in [0.1, 0.15) is 24.3 Å². The summed E-state index contributed by atoms with van der Waals surface area (Å²) in [4.78, 5) is 16.4. The summed E-state index contributed by atoms with van der Waals surface area (Å²) in [5, 5.41) is 16.7. The van der Waals surface area contributed by atoms with Crippen molar-refractivity contribution in [2.24, 2.45) is 0 Å². The van der Waals surface area contributed by atoms with E-state index >= 15 is 0 Å². The molecule has 0 aliphatic carbocycles. The number of aryl methyl sites for hydroxylation is 2. The van der Waals surface area contributed by atoms with Crippen LogP contribution in [0.25, 0.3) is 11.4 Å². The number of aliphatic hydroxyl groups excluding tert-OH is 1. The van der Waals surface area contributed by atoms with Gasteiger partial charge in [-0.15, -0.1) is 0 Å². The SMILES string of the molecule is COc1ccc(-c2noc(CCCC(=O)NCC(O)COc3cccc(C)c3)n2)cc1. The van der Waals surface area contributed by atoms with E-state index < -0.39 is 6.10 Å². The number of nitrogens with zero attached hydrogens (tertiary/aromatic N) is 2. The molecule has 31 heavy (non-hydrogen) atoms. The average Bonchev–Trinajstić information content (AvgIpc) is 3.25. The van der Waals surface area contributed by atoms with Gasteiger partial charge in [0.25, 0.3) is 0 Å². The topological polar surface area (TPSA) is 107 Å². The number of hydrogen-bond donors (Lipinski definition) is 2. The van der Waals surface area contributed by atoms with Crippen LogP contribution in [-0.4, -0.2) is 47.5 Å². The van der Waals surface area contributed by atoms with E-state index in [1.165, 1.54) is 0 Å². The molecule has 0 aliphatic rings. The summed E-state index contributed by atoms with van der Waals surface area (Å²) in [5.41, 5.74) is 1.91. The Labute approximate surface area is 181 Å². The maximum Gasteiger partial charge on any atom is 0.226 e. The predicted molar refractivity (Wildman–Crippen MR) is 115 cm³/mol. The maximum absolute atomic E-state index is 12.0. The summed E-state index contributed by atoms with van der Waals surface area (Å²) in [6.45, 7) is 2.21. The van der Waals surface area contributed by atoms with Crippen molar-refractivity contribution in [1.82, 2.24) is 15.5 Å². The third-order valence-corrected chi connectivity index (χ3v) is 4.58. The van der Waals surface area contributed by atoms with Gasteiger partial charge in [-0.25, -0.2) is 0 Å². The molecule has 164 valence electrons. The molecule has 1 atom stereocenters. The van der Waals surface area contributed by atoms with Crippen LogP contribution in [0.3, 0.4) is 0 Å². The summed E-state index contributed by atoms with van der Waals surface area (Å²) in [5.74, 6) is 2.28. The van der Waals surface area contributed by atoms with Crippen molar-refractivity contribution >= 4 is 5.91 Å². The Morgan fingerprint density at radius 3 is 2.74 bits per heavy atom. The van der Waals surface area contributed by atoms with Crippen LogP contribution in [-0.2, 0) is 11.2 Å². The Morgan fingerprint density at radius 1 is 1.19 bits per heavy atom. The molecule has 0 saturated heterocycles. The molecule has 0 bridgehead atoms. The zero-order chi connectivity index (χ0) is 22.1. The van der Waals surface area contributed by atoms with E-state index in [1.54, 1.807) is 7.11 Å². The first kappa shape index (κ1) is 22.3. The number of nitrogens with one attached hydrogen (secondary N) is 1. The predicted octanol–water partition coefficient (Wildman–Crippen LogP) is 2.93. The van der Waals surface area contributed by atoms with Gasteiger partial charge < -0.3 is 24.4 Å². The molecule has 2 aromatic carbocycles. The zero-order valence-electron chi connectivity index (χ0n) is 17.7. The van der Waals surface area contributed by atoms with Crippen molar-refractivity contribution in [2.75, 3.05) is 20.3 Å². The van der Waals surface area contributed by atoms with E-state index in [4.69, 9.17) is 14.0 Å². The Kier molecular flexibility index (Phi) is 8.00. The quantitative estimate of drug-likeness (QED) is 0.486. The standard InChI is InChI=1S/C23H27N3O5/c1-16-5-3-6-20(13-16)30-15-18(27)14-24-21(28)7-4-8-22-25-23(26-31-22)17-9-11-19(29-2)12-10-17/h3,5-6,9-13,18,27H,4,7-8,14-15H2,1-2H3,(H,24,28). The highest BCUT2D eigenvalue weighted by molar-refractivity contribution is 5.75. The Hall–Kier alpha value is -3.39. The molecule has 3 aromatic rings. The Balaban J connectivity index is 1.34. The number of carbonyl (C=O) groups is 1. The van der Waals surface area contributed by atoms with Crippen LogP contribution in [0.2, 0.25) is 0 Å². The third kappa shape index (κ3) is 7.11. The number of amides is 1. The summed E-state index contributed by atoms with van der Waals surface area (Å²) >= 11 is 0. The molecule has 0 fully saturated rings. The van der Waals surface area contributed by atoms with Gasteiger partial charge in [-0.1, -0.05) is 17.3 Å². The largest absolute Gasteiger partial charge is 0.497 e. The summed E-state index contributed by atoms with van der Waals surface area (Å²) in [6, 6.07) is 15.0. The molecule has 0 radical (unpaired) electrons. The van der Waals surface area contributed by atoms with Gasteiger partial charge in [-0.2, -0.15) is 4.98 Å². The zero-order valence-corrected chi connectivity index (χ0v) is 17.7. The number of carbonyl (C=O) groups excluding carboxylic acids is 1. The van der Waals surface area contributed by atoms with Gasteiger partial charge in [-0.05, 0) is 55.3 Å². The van der Waals surface area contributed by atoms with Gasteiger partial charge in [0.15, 0.2) is 0 Å². The van der Waals surface area contributed by atoms with E-state index in [1.807, 2.05) is 55.5 Å². The van der Waals surface area contributed by atoms with Crippen LogP contribution >= 0.6 is 0 Å². The van der Waals surface area contributed by atoms with Gasteiger partial charge in [0.1, 0.15) is 24.2 Å². The number of benzene rings is 2. The molecule has 0 spiro atoms. The molecule has 1 amide bonds. The minimum Gasteiger partial charge on any atom is -0.497 e. The summed E-state index contributed by atoms with van der Waals surface area (Å²) < 4.78 is 15.9. The van der Waals surface area contributed by atoms with E-state index in [0.29, 0.717) is 36.7 Å². The fourth-order valence-corrected chi connectivity index (χ4v) is 2.89. The average molecular weight is 425 g/mol. The molecule has 0 saturated carbocycles. The van der Waals surface area contributed by atoms with Gasteiger partial charge in [0, 0.05) is 24.9 Å². The van der Waals surface area contributed by atoms with Crippen LogP contribution in [0, 0.1) is 6.92 Å². The van der Waals surface area contributed by atoms with Crippen LogP contribution in [0.4, 0.5) is 0 Å². The van der Waals surface area contributed by atoms with Crippen molar-refractivity contribution in [1.29, 1.82) is 0 Å². The lowest BCUT2D eigenvalue weighted by Crippen LogP contribution is -2.35. The lowest BCUT2D eigenvalue weighted by molar-refractivity contribution is -0.121. The maximum atomic E-state index is 12.0. The fraction of sp³-hybridized carbons (Fsp3) is 0.348. The van der Waals surface area contributed by atoms with Gasteiger partial charge in [0.05, 0.1) is 7.11 Å². The van der Waals surface area contributed by atoms with Crippen molar-refractivity contribution in [3.8, 4) is 22.9 Å². The van der Waals surface area contributed by atoms with Crippen molar-refractivity contribution in [3.63, 3.8) is 0 Å². The van der Waals surface area contributed by atoms with E-state index in [9.17, 15) is 9.90 Å². The Bertz CT molecular complexity index is 971. The second kappa shape index (κ2) is 11.1. The first-order chi connectivity index (χ1) is 15.0. The molecular weight excluding hydrogens is 398 g/mol. The number of methoxy groups -OCH3 is 1. The van der Waals surface area contributed by atoms with E-state index in [0.717, 1.165) is 16.9 Å². The van der Waals surface area contributed by atoms with Crippen molar-refractivity contribution in [2.45, 2.75) is 32.3 Å². The highest BCUT2D eigenvalue weighted by Crippen LogP contribution is 2.20. The number of aromatic nitrogens is 2. The molecule has 8 heteroatoms. The molecule has 0 aliphatic heterocycles. The molecule has 3 rings (SSSR count). The summed E-state index contributed by atoms with van der Waals surface area (Å²) in [6.07, 6.45) is 0.570. The van der Waals surface area contributed by atoms with E-state index in [-0.39, 0.29) is 19.1 Å². The van der Waals surface area contributed by atoms with Gasteiger partial charge in [0.2, 0.25) is 17.6 Å². The third-order valence-electron chi connectivity index (χ3n) is 4.58. The number of hydrogen-bond acceptors (Lipinski definition) is 7. The lowest BCUT2D eigenvalue weighted by Gasteiger charge is -2.13. The van der Waals surface area contributed by atoms with Gasteiger partial charge in [-0.3, -0.25) is 4.79 Å². The van der Waals surface area contributed by atoms with E-state index in [2.05, 4.69) is 15.5 Å². The van der Waals surface area contributed by atoms with Crippen LogP contribution in [0.5, 0.6) is 11.5 Å². The molecule has 1 aromatic heterocycles. The normalized spacial score (nSPS) is 11.7. The highest BCUT2D eigenvalue weighted by atomic mass is 16.5. The van der Waals surface area contributed by atoms with Gasteiger partial charge >= 0.3 is 0 Å². The molecule has 8 nitrogen and oxygen atoms in total. The second-order valence-electron chi connectivity index (χ2n) is 7.18. The number of aliphatic hydroxyl groups is 1. The van der Waals surface area contributed by atoms with Crippen molar-refractivity contribution in [3.05, 3.63) is 60.0 Å². The smallest absolute Gasteiger partial charge is 0.226 e. The molecule has 1 heterocycles. The summed E-state index contributed by atoms with van der Waals surface area (Å²) in [7, 11) is 1.61. The first-order valence-corrected chi connectivity index (χ1v) is 10.1. The highest BCUT2D eigenvalue weighted by Gasteiger charge is 2.11. The first-order valence-electron chi connectivity index (χ1n) is 10.1. The minimum atomic E-state index is -0.785. The van der Waals surface area contributed by atoms with Crippen molar-refractivity contribution < 1.29 is 23.9 Å². The lowest BCUT2D eigenvalue weighted by atomic mass is 10.2. The monoisotopic (exact) mass is 425 g/mol. The Morgan fingerprint density at radius 2 is 2.00 bits per heavy atom. The second-order valence-corrected chi connectivity index (χ2v) is 7.18. The number of rotatable bonds is 11. The van der Waals surface area contributed by atoms with Crippen LogP contribution in [0.15, 0.2) is 53.1 Å². The molecule has 2 N–H and O–H groups in total. The fourth-order valence-electron chi connectivity index (χ4n) is 2.89.